The van der Waals surface area contributed by atoms with E-state index in [2.05, 4.69) is 19.3 Å². The van der Waals surface area contributed by atoms with Gasteiger partial charge < -0.3 is 15.1 Å². The van der Waals surface area contributed by atoms with Crippen molar-refractivity contribution in [3.8, 4) is 0 Å². The lowest BCUT2D eigenvalue weighted by molar-refractivity contribution is -1.000. The summed E-state index contributed by atoms with van der Waals surface area (Å²) < 4.78 is 0. The first-order valence-corrected chi connectivity index (χ1v) is 7.59. The molecule has 0 bridgehead atoms. The normalized spacial score (nSPS) is 37.2. The van der Waals surface area contributed by atoms with Crippen molar-refractivity contribution < 1.29 is 14.6 Å². The Labute approximate surface area is 111 Å². The Balaban J connectivity index is 1.71. The van der Waals surface area contributed by atoms with Crippen molar-refractivity contribution in [2.75, 3.05) is 39.8 Å². The van der Waals surface area contributed by atoms with Crippen LogP contribution in [0.5, 0.6) is 0 Å². The Hall–Kier alpha value is -0.610. The van der Waals surface area contributed by atoms with Crippen LogP contribution in [0.2, 0.25) is 0 Å². The second-order valence-electron chi connectivity index (χ2n) is 6.32. The number of carbonyl (C=O) groups excluding carboxylic acids is 1. The van der Waals surface area contributed by atoms with E-state index in [1.807, 2.05) is 0 Å². The molecule has 1 aliphatic heterocycles. The lowest BCUT2D eigenvalue weighted by Crippen LogP contribution is -3.27. The molecule has 2 rings (SSSR count). The summed E-state index contributed by atoms with van der Waals surface area (Å²) in [7, 11) is 2.24. The maximum absolute atomic E-state index is 12.1. The number of quaternary nitrogens is 2. The molecule has 1 amide bonds. The van der Waals surface area contributed by atoms with Gasteiger partial charge in [-0.3, -0.25) is 4.79 Å². The molecule has 1 aliphatic carbocycles. The molecule has 104 valence electrons. The van der Waals surface area contributed by atoms with Crippen LogP contribution < -0.4 is 15.1 Å². The molecule has 18 heavy (non-hydrogen) atoms. The molecule has 0 aromatic carbocycles. The number of likely N-dealkylation sites (N-methyl/N-ethyl adjacent to an activating group) is 1. The number of carbonyl (C=O) groups is 1. The second kappa shape index (κ2) is 6.53. The first kappa shape index (κ1) is 13.8. The molecule has 4 nitrogen and oxygen atoms in total. The zero-order valence-corrected chi connectivity index (χ0v) is 11.9. The SMILES string of the molecule is C[C@@H]1CCCC[C@@H]1NC(=O)C[NH+]1CC[NH+](C)CC1. The van der Waals surface area contributed by atoms with Gasteiger partial charge in [0.2, 0.25) is 0 Å². The Morgan fingerprint density at radius 3 is 2.50 bits per heavy atom. The minimum Gasteiger partial charge on any atom is -0.348 e. The molecule has 4 heteroatoms. The fraction of sp³-hybridized carbons (Fsp3) is 0.929. The third-order valence-corrected chi connectivity index (χ3v) is 4.68. The van der Waals surface area contributed by atoms with Gasteiger partial charge in [-0.15, -0.1) is 0 Å². The summed E-state index contributed by atoms with van der Waals surface area (Å²) >= 11 is 0. The number of piperazine rings is 1. The van der Waals surface area contributed by atoms with E-state index in [-0.39, 0.29) is 5.91 Å². The van der Waals surface area contributed by atoms with E-state index in [0.29, 0.717) is 18.5 Å². The second-order valence-corrected chi connectivity index (χ2v) is 6.32. The Morgan fingerprint density at radius 1 is 1.17 bits per heavy atom. The molecule has 1 saturated heterocycles. The van der Waals surface area contributed by atoms with E-state index in [1.165, 1.54) is 43.7 Å². The lowest BCUT2D eigenvalue weighted by Gasteiger charge is -2.31. The number of hydrogen-bond acceptors (Lipinski definition) is 1. The molecule has 0 spiro atoms. The highest BCUT2D eigenvalue weighted by molar-refractivity contribution is 5.77. The van der Waals surface area contributed by atoms with E-state index in [4.69, 9.17) is 0 Å². The summed E-state index contributed by atoms with van der Waals surface area (Å²) in [6, 6.07) is 0.434. The van der Waals surface area contributed by atoms with Crippen molar-refractivity contribution in [2.24, 2.45) is 5.92 Å². The molecule has 0 unspecified atom stereocenters. The highest BCUT2D eigenvalue weighted by Gasteiger charge is 2.26. The van der Waals surface area contributed by atoms with Gasteiger partial charge in [-0.1, -0.05) is 19.8 Å². The topological polar surface area (TPSA) is 38.0 Å². The average Bonchev–Trinajstić information content (AvgIpc) is 2.35. The first-order chi connectivity index (χ1) is 8.65. The molecule has 2 aliphatic rings. The molecule has 0 aromatic heterocycles. The van der Waals surface area contributed by atoms with E-state index >= 15 is 0 Å². The van der Waals surface area contributed by atoms with Crippen LogP contribution in [0.1, 0.15) is 32.6 Å². The molecule has 0 radical (unpaired) electrons. The highest BCUT2D eigenvalue weighted by Crippen LogP contribution is 2.23. The van der Waals surface area contributed by atoms with Gasteiger partial charge in [-0.25, -0.2) is 0 Å². The lowest BCUT2D eigenvalue weighted by atomic mass is 9.86. The van der Waals surface area contributed by atoms with Crippen molar-refractivity contribution >= 4 is 5.91 Å². The maximum Gasteiger partial charge on any atom is 0.275 e. The van der Waals surface area contributed by atoms with Crippen LogP contribution in [0.15, 0.2) is 0 Å². The third-order valence-electron chi connectivity index (χ3n) is 4.68. The number of nitrogens with one attached hydrogen (secondary N) is 3. The van der Waals surface area contributed by atoms with Gasteiger partial charge in [-0.2, -0.15) is 0 Å². The van der Waals surface area contributed by atoms with Crippen LogP contribution >= 0.6 is 0 Å². The first-order valence-electron chi connectivity index (χ1n) is 7.59. The molecule has 0 aromatic rings. The quantitative estimate of drug-likeness (QED) is 0.541. The fourth-order valence-electron chi connectivity index (χ4n) is 3.22. The van der Waals surface area contributed by atoms with Gasteiger partial charge in [0.05, 0.1) is 7.05 Å². The third kappa shape index (κ3) is 3.95. The van der Waals surface area contributed by atoms with Crippen LogP contribution in [0.3, 0.4) is 0 Å². The average molecular weight is 255 g/mol. The minimum atomic E-state index is 0.267. The Morgan fingerprint density at radius 2 is 1.83 bits per heavy atom. The maximum atomic E-state index is 12.1. The van der Waals surface area contributed by atoms with Crippen LogP contribution in [-0.2, 0) is 4.79 Å². The van der Waals surface area contributed by atoms with Crippen LogP contribution in [0.25, 0.3) is 0 Å². The number of rotatable bonds is 3. The van der Waals surface area contributed by atoms with Crippen LogP contribution in [0.4, 0.5) is 0 Å². The van der Waals surface area contributed by atoms with E-state index in [9.17, 15) is 4.79 Å². The van der Waals surface area contributed by atoms with Crippen LogP contribution in [-0.4, -0.2) is 51.7 Å². The van der Waals surface area contributed by atoms with Gasteiger partial charge in [0.15, 0.2) is 6.54 Å². The van der Waals surface area contributed by atoms with Crippen molar-refractivity contribution in [1.29, 1.82) is 0 Å². The van der Waals surface area contributed by atoms with Gasteiger partial charge in [0, 0.05) is 6.04 Å². The summed E-state index contributed by atoms with van der Waals surface area (Å²) in [4.78, 5) is 15.1. The molecular weight excluding hydrogens is 226 g/mol. The largest absolute Gasteiger partial charge is 0.348 e. The van der Waals surface area contributed by atoms with Gasteiger partial charge in [-0.05, 0) is 18.8 Å². The smallest absolute Gasteiger partial charge is 0.275 e. The summed E-state index contributed by atoms with van der Waals surface area (Å²) in [5, 5.41) is 3.26. The van der Waals surface area contributed by atoms with Gasteiger partial charge in [0.1, 0.15) is 26.2 Å². The molecule has 3 N–H and O–H groups in total. The zero-order chi connectivity index (χ0) is 13.0. The van der Waals surface area contributed by atoms with Crippen molar-refractivity contribution in [3.05, 3.63) is 0 Å². The van der Waals surface area contributed by atoms with Gasteiger partial charge >= 0.3 is 0 Å². The summed E-state index contributed by atoms with van der Waals surface area (Å²) in [5.74, 6) is 0.929. The van der Waals surface area contributed by atoms with E-state index in [1.54, 1.807) is 4.90 Å². The van der Waals surface area contributed by atoms with Crippen molar-refractivity contribution in [2.45, 2.75) is 38.6 Å². The Kier molecular flexibility index (Phi) is 5.01. The molecule has 1 saturated carbocycles. The molecule has 2 fully saturated rings. The minimum absolute atomic E-state index is 0.267. The zero-order valence-electron chi connectivity index (χ0n) is 11.9. The fourth-order valence-corrected chi connectivity index (χ4v) is 3.22. The predicted octanol–water partition coefficient (Wildman–Crippen LogP) is -1.91. The standard InChI is InChI=1S/C14H27N3O/c1-12-5-3-4-6-13(12)15-14(18)11-17-9-7-16(2)8-10-17/h12-13H,3-11H2,1-2H3,(H,15,18)/p+2/t12-,13+/m1/s1. The monoisotopic (exact) mass is 255 g/mol. The Bertz CT molecular complexity index is 274. The molecule has 1 heterocycles. The number of amides is 1. The van der Waals surface area contributed by atoms with E-state index < -0.39 is 0 Å². The van der Waals surface area contributed by atoms with Crippen molar-refractivity contribution in [1.82, 2.24) is 5.32 Å². The molecule has 2 atom stereocenters. The van der Waals surface area contributed by atoms with Crippen LogP contribution in [0, 0.1) is 5.92 Å². The molecular formula is C14H29N3O+2. The predicted molar refractivity (Wildman–Crippen MR) is 71.7 cm³/mol. The van der Waals surface area contributed by atoms with Crippen molar-refractivity contribution in [3.63, 3.8) is 0 Å². The van der Waals surface area contributed by atoms with Gasteiger partial charge in [0.25, 0.3) is 5.91 Å². The summed E-state index contributed by atoms with van der Waals surface area (Å²) in [5.41, 5.74) is 0. The summed E-state index contributed by atoms with van der Waals surface area (Å²) in [6.07, 6.45) is 5.06. The highest BCUT2D eigenvalue weighted by atomic mass is 16.2. The van der Waals surface area contributed by atoms with E-state index in [0.717, 1.165) is 13.1 Å². The summed E-state index contributed by atoms with van der Waals surface area (Å²) in [6.45, 7) is 7.62. The number of hydrogen-bond donors (Lipinski definition) is 3.